The van der Waals surface area contributed by atoms with Crippen molar-refractivity contribution >= 4 is 11.8 Å². The molecule has 1 nitrogen and oxygen atoms in total. The van der Waals surface area contributed by atoms with Gasteiger partial charge >= 0.3 is 0 Å². The molecule has 0 aromatic rings. The van der Waals surface area contributed by atoms with Crippen LogP contribution in [0.1, 0.15) is 40.5 Å². The second-order valence-electron chi connectivity index (χ2n) is 2.87. The lowest BCUT2D eigenvalue weighted by Crippen LogP contribution is -2.20. The van der Waals surface area contributed by atoms with E-state index < -0.39 is 0 Å². The maximum absolute atomic E-state index is 9.11. The summed E-state index contributed by atoms with van der Waals surface area (Å²) in [7, 11) is 0. The Morgan fingerprint density at radius 2 is 1.80 bits per heavy atom. The van der Waals surface area contributed by atoms with E-state index >= 15 is 0 Å². The molecule has 0 radical (unpaired) electrons. The van der Waals surface area contributed by atoms with Gasteiger partial charge in [0, 0.05) is 4.75 Å². The molecule has 0 saturated heterocycles. The van der Waals surface area contributed by atoms with Gasteiger partial charge in [0.15, 0.2) is 0 Å². The van der Waals surface area contributed by atoms with Gasteiger partial charge in [-0.2, -0.15) is 0 Å². The third kappa shape index (κ3) is 3.47. The van der Waals surface area contributed by atoms with Gasteiger partial charge in [0.1, 0.15) is 0 Å². The minimum atomic E-state index is -0.232. The smallest absolute Gasteiger partial charge is 0.0969 e. The van der Waals surface area contributed by atoms with Crippen LogP contribution in [0.4, 0.5) is 0 Å². The van der Waals surface area contributed by atoms with E-state index in [1.807, 2.05) is 6.92 Å². The lowest BCUT2D eigenvalue weighted by atomic mass is 10.1. The molecular formula is C8H18OS. The number of hydrogen-bond acceptors (Lipinski definition) is 2. The summed E-state index contributed by atoms with van der Waals surface area (Å²) in [6.07, 6.45) is 2.25. The summed E-state index contributed by atoms with van der Waals surface area (Å²) < 4.78 is 0.272. The van der Waals surface area contributed by atoms with E-state index in [2.05, 4.69) is 20.8 Å². The first-order chi connectivity index (χ1) is 4.54. The summed E-state index contributed by atoms with van der Waals surface area (Å²) in [4.78, 5) is 0. The summed E-state index contributed by atoms with van der Waals surface area (Å²) in [6, 6.07) is 0. The molecule has 1 atom stereocenters. The van der Waals surface area contributed by atoms with Crippen LogP contribution in [0.25, 0.3) is 0 Å². The van der Waals surface area contributed by atoms with Crippen LogP contribution in [0.5, 0.6) is 0 Å². The van der Waals surface area contributed by atoms with Crippen molar-refractivity contribution < 1.29 is 5.11 Å². The summed E-state index contributed by atoms with van der Waals surface area (Å²) in [5.41, 5.74) is -0.232. The van der Waals surface area contributed by atoms with Crippen LogP contribution in [-0.4, -0.2) is 15.3 Å². The van der Waals surface area contributed by atoms with Crippen LogP contribution in [0, 0.1) is 0 Å². The third-order valence-corrected chi connectivity index (χ3v) is 3.44. The molecule has 2 heteroatoms. The fraction of sp³-hybridized carbons (Fsp3) is 1.00. The molecule has 0 fully saturated rings. The zero-order chi connectivity index (χ0) is 8.20. The molecule has 0 heterocycles. The van der Waals surface area contributed by atoms with Gasteiger partial charge in [0.2, 0.25) is 0 Å². The zero-order valence-corrected chi connectivity index (χ0v) is 8.16. The molecule has 0 aromatic carbocycles. The number of rotatable bonds is 4. The molecule has 10 heavy (non-hydrogen) atoms. The van der Waals surface area contributed by atoms with E-state index in [-0.39, 0.29) is 10.2 Å². The standard InChI is InChI=1S/C8H18OS/c1-5-8(4,6-2)10-7(3)9/h7,9H,5-6H2,1-4H3. The van der Waals surface area contributed by atoms with E-state index in [9.17, 15) is 0 Å². The lowest BCUT2D eigenvalue weighted by Gasteiger charge is -2.27. The predicted molar refractivity (Wildman–Crippen MR) is 48.3 cm³/mol. The Labute approximate surface area is 68.2 Å². The quantitative estimate of drug-likeness (QED) is 0.641. The second-order valence-corrected chi connectivity index (χ2v) is 4.78. The van der Waals surface area contributed by atoms with Crippen LogP contribution < -0.4 is 0 Å². The molecule has 0 rings (SSSR count). The average Bonchev–Trinajstić information content (AvgIpc) is 1.87. The molecule has 0 bridgehead atoms. The first-order valence-electron chi connectivity index (χ1n) is 3.90. The normalized spacial score (nSPS) is 15.3. The van der Waals surface area contributed by atoms with Crippen LogP contribution in [0.15, 0.2) is 0 Å². The van der Waals surface area contributed by atoms with Gasteiger partial charge in [-0.1, -0.05) is 20.8 Å². The van der Waals surface area contributed by atoms with Crippen LogP contribution in [0.2, 0.25) is 0 Å². The lowest BCUT2D eigenvalue weighted by molar-refractivity contribution is 0.281. The molecular weight excluding hydrogens is 144 g/mol. The monoisotopic (exact) mass is 162 g/mol. The summed E-state index contributed by atoms with van der Waals surface area (Å²) >= 11 is 1.66. The van der Waals surface area contributed by atoms with Gasteiger partial charge in [-0.3, -0.25) is 0 Å². The minimum Gasteiger partial charge on any atom is -0.383 e. The van der Waals surface area contributed by atoms with Crippen molar-refractivity contribution in [3.8, 4) is 0 Å². The van der Waals surface area contributed by atoms with E-state index in [0.29, 0.717) is 0 Å². The van der Waals surface area contributed by atoms with Crippen molar-refractivity contribution in [2.24, 2.45) is 0 Å². The van der Waals surface area contributed by atoms with Gasteiger partial charge in [-0.15, -0.1) is 11.8 Å². The van der Waals surface area contributed by atoms with Gasteiger partial charge in [0.05, 0.1) is 5.44 Å². The summed E-state index contributed by atoms with van der Waals surface area (Å²) in [5, 5.41) is 9.11. The molecule has 0 aliphatic heterocycles. The first-order valence-corrected chi connectivity index (χ1v) is 4.78. The molecule has 0 spiro atoms. The van der Waals surface area contributed by atoms with E-state index in [1.165, 1.54) is 0 Å². The molecule has 62 valence electrons. The number of hydrogen-bond donors (Lipinski definition) is 1. The van der Waals surface area contributed by atoms with Crippen LogP contribution >= 0.6 is 11.8 Å². The fourth-order valence-corrected chi connectivity index (χ4v) is 1.99. The van der Waals surface area contributed by atoms with E-state index in [1.54, 1.807) is 11.8 Å². The zero-order valence-electron chi connectivity index (χ0n) is 7.35. The van der Waals surface area contributed by atoms with Gasteiger partial charge in [0.25, 0.3) is 0 Å². The van der Waals surface area contributed by atoms with Gasteiger partial charge < -0.3 is 5.11 Å². The maximum Gasteiger partial charge on any atom is 0.0969 e. The largest absolute Gasteiger partial charge is 0.383 e. The van der Waals surface area contributed by atoms with Crippen molar-refractivity contribution in [2.45, 2.75) is 50.7 Å². The Morgan fingerprint density at radius 1 is 1.40 bits per heavy atom. The molecule has 1 N–H and O–H groups in total. The summed E-state index contributed by atoms with van der Waals surface area (Å²) in [6.45, 7) is 8.36. The Morgan fingerprint density at radius 3 is 1.90 bits per heavy atom. The highest BCUT2D eigenvalue weighted by Gasteiger charge is 2.21. The highest BCUT2D eigenvalue weighted by molar-refractivity contribution is 8.01. The van der Waals surface area contributed by atoms with Crippen molar-refractivity contribution in [3.63, 3.8) is 0 Å². The van der Waals surface area contributed by atoms with Crippen LogP contribution in [0.3, 0.4) is 0 Å². The minimum absolute atomic E-state index is 0.232. The van der Waals surface area contributed by atoms with E-state index in [4.69, 9.17) is 5.11 Å². The highest BCUT2D eigenvalue weighted by atomic mass is 32.2. The van der Waals surface area contributed by atoms with Gasteiger partial charge in [-0.25, -0.2) is 0 Å². The van der Waals surface area contributed by atoms with Crippen molar-refractivity contribution in [2.75, 3.05) is 0 Å². The molecule has 0 aromatic heterocycles. The number of aliphatic hydroxyl groups excluding tert-OH is 1. The third-order valence-electron chi connectivity index (χ3n) is 1.95. The molecule has 0 saturated carbocycles. The molecule has 0 amide bonds. The molecule has 1 unspecified atom stereocenters. The molecule has 0 aliphatic rings. The number of thioether (sulfide) groups is 1. The Kier molecular flexibility index (Phi) is 4.37. The average molecular weight is 162 g/mol. The number of aliphatic hydroxyl groups is 1. The highest BCUT2D eigenvalue weighted by Crippen LogP contribution is 2.33. The Balaban J connectivity index is 3.80. The van der Waals surface area contributed by atoms with Crippen molar-refractivity contribution in [1.29, 1.82) is 0 Å². The van der Waals surface area contributed by atoms with E-state index in [0.717, 1.165) is 12.8 Å². The predicted octanol–water partition coefficient (Wildman–Crippen LogP) is 2.64. The second kappa shape index (κ2) is 4.24. The van der Waals surface area contributed by atoms with Crippen molar-refractivity contribution in [1.82, 2.24) is 0 Å². The fourth-order valence-electron chi connectivity index (χ4n) is 0.828. The van der Waals surface area contributed by atoms with Gasteiger partial charge in [-0.05, 0) is 19.8 Å². The maximum atomic E-state index is 9.11. The Bertz CT molecular complexity index is 87.3. The summed E-state index contributed by atoms with van der Waals surface area (Å²) in [5.74, 6) is 0. The SMILES string of the molecule is CCC(C)(CC)SC(C)O. The molecule has 0 aliphatic carbocycles. The van der Waals surface area contributed by atoms with Crippen LogP contribution in [-0.2, 0) is 0 Å². The topological polar surface area (TPSA) is 20.2 Å². The Hall–Kier alpha value is 0.310. The first kappa shape index (κ1) is 10.3. The van der Waals surface area contributed by atoms with Crippen molar-refractivity contribution in [3.05, 3.63) is 0 Å².